The van der Waals surface area contributed by atoms with E-state index in [0.717, 1.165) is 23.9 Å². The molecule has 0 heterocycles. The van der Waals surface area contributed by atoms with Crippen molar-refractivity contribution >= 4 is 86.4 Å². The Morgan fingerprint density at radius 3 is 2.00 bits per heavy atom. The maximum Gasteiger partial charge on any atom is 0.433 e. The zero-order chi connectivity index (χ0) is 38.4. The molecule has 0 aliphatic rings. The molecule has 0 bridgehead atoms. The molecule has 0 saturated carbocycles. The highest BCUT2D eigenvalue weighted by Gasteiger charge is 2.25. The maximum atomic E-state index is 12.7. The van der Waals surface area contributed by atoms with Crippen LogP contribution in [0.4, 0.5) is 34.1 Å². The van der Waals surface area contributed by atoms with E-state index < -0.39 is 83.6 Å². The molecule has 3 aromatic rings. The van der Waals surface area contributed by atoms with Crippen molar-refractivity contribution in [2.45, 2.75) is 19.6 Å². The molecule has 0 radical (unpaired) electrons. The van der Waals surface area contributed by atoms with E-state index in [-0.39, 0.29) is 23.7 Å². The van der Waals surface area contributed by atoms with Gasteiger partial charge in [-0.2, -0.15) is 25.3 Å². The minimum atomic E-state index is -5.09. The Kier molecular flexibility index (Phi) is 13.1. The van der Waals surface area contributed by atoms with E-state index in [2.05, 4.69) is 34.9 Å². The number of sulfone groups is 1. The fourth-order valence-electron chi connectivity index (χ4n) is 3.64. The first-order valence-electron chi connectivity index (χ1n) is 13.2. The van der Waals surface area contributed by atoms with Crippen molar-refractivity contribution in [1.82, 2.24) is 4.90 Å². The largest absolute Gasteiger partial charge is 0.494 e. The van der Waals surface area contributed by atoms with Gasteiger partial charge in [0.05, 0.1) is 29.1 Å². The van der Waals surface area contributed by atoms with Crippen LogP contribution in [0.2, 0.25) is 0 Å². The molecule has 3 aromatic carbocycles. The van der Waals surface area contributed by atoms with E-state index >= 15 is 0 Å². The minimum absolute atomic E-state index is 0.0166. The number of benzene rings is 3. The van der Waals surface area contributed by atoms with Crippen molar-refractivity contribution in [1.29, 1.82) is 0 Å². The van der Waals surface area contributed by atoms with E-state index in [4.69, 9.17) is 20.8 Å². The lowest BCUT2D eigenvalue weighted by Gasteiger charge is -2.12. The smallest absolute Gasteiger partial charge is 0.433 e. The zero-order valence-corrected chi connectivity index (χ0v) is 30.3. The first kappa shape index (κ1) is 41.0. The molecular weight excluding hydrogens is 783 g/mol. The number of thioether (sulfide) groups is 1. The molecule has 21 nitrogen and oxygen atoms in total. The Morgan fingerprint density at radius 1 is 0.784 bits per heavy atom. The number of hydrogen-bond donors (Lipinski definition) is 5. The average molecular weight is 810 g/mol. The average Bonchev–Trinajstić information content (AvgIpc) is 3.01. The van der Waals surface area contributed by atoms with Gasteiger partial charge in [0.25, 0.3) is 20.2 Å². The number of methoxy groups -OCH3 is 1. The zero-order valence-electron chi connectivity index (χ0n) is 26.2. The number of nitrogens with zero attached hydrogens (tertiary/aromatic N) is 5. The monoisotopic (exact) mass is 809 g/mol. The van der Waals surface area contributed by atoms with Gasteiger partial charge in [-0.25, -0.2) is 8.42 Å². The molecule has 0 aliphatic carbocycles. The van der Waals surface area contributed by atoms with Crippen LogP contribution in [-0.4, -0.2) is 85.7 Å². The molecule has 276 valence electrons. The summed E-state index contributed by atoms with van der Waals surface area (Å²) >= 11 is 0.769. The van der Waals surface area contributed by atoms with Crippen LogP contribution >= 0.6 is 11.8 Å². The Bertz CT molecular complexity index is 2390. The van der Waals surface area contributed by atoms with Crippen LogP contribution in [-0.2, 0) is 49.7 Å². The van der Waals surface area contributed by atoms with Gasteiger partial charge >= 0.3 is 10.4 Å². The maximum absolute atomic E-state index is 12.7. The third-order valence-corrected chi connectivity index (χ3v) is 10.4. The van der Waals surface area contributed by atoms with Crippen molar-refractivity contribution < 1.29 is 61.3 Å². The van der Waals surface area contributed by atoms with Gasteiger partial charge in [0.15, 0.2) is 15.9 Å². The Labute approximate surface area is 296 Å². The van der Waals surface area contributed by atoms with Gasteiger partial charge in [-0.1, -0.05) is 0 Å². The summed E-state index contributed by atoms with van der Waals surface area (Å²) in [6.45, 7) is 0.107. The Balaban J connectivity index is 2.10. The molecule has 0 aliphatic heterocycles. The molecule has 26 heteroatoms. The van der Waals surface area contributed by atoms with Crippen LogP contribution in [0.15, 0.2) is 82.5 Å². The lowest BCUT2D eigenvalue weighted by atomic mass is 10.2. The van der Waals surface area contributed by atoms with Gasteiger partial charge in [0, 0.05) is 16.7 Å². The van der Waals surface area contributed by atoms with E-state index in [0.29, 0.717) is 17.0 Å². The quantitative estimate of drug-likeness (QED) is 0.0296. The van der Waals surface area contributed by atoms with Gasteiger partial charge in [0.1, 0.15) is 38.3 Å². The molecule has 0 amide bonds. The summed E-state index contributed by atoms with van der Waals surface area (Å²) < 4.78 is 132. The summed E-state index contributed by atoms with van der Waals surface area (Å²) in [7, 11) is -14.5. The first-order chi connectivity index (χ1) is 23.5. The fourth-order valence-corrected chi connectivity index (χ4v) is 7.04. The SMILES string of the molecule is COc1ccc(SC#COOS(=O)(=O)O)cc1N=Nc1c(N)c(N=Nc2ccc(S(=O)(=O)CCN(C)C)cc2S(=O)(=O)O)cc(S(=O)(=O)O)c1N. The van der Waals surface area contributed by atoms with Crippen molar-refractivity contribution in [2.75, 3.05) is 45.0 Å². The highest BCUT2D eigenvalue weighted by Crippen LogP contribution is 2.44. The second kappa shape index (κ2) is 16.3. The molecule has 0 aromatic heterocycles. The second-order valence-corrected chi connectivity index (χ2v) is 16.7. The molecule has 0 atom stereocenters. The molecule has 51 heavy (non-hydrogen) atoms. The number of nitrogens with two attached hydrogens (primary N) is 2. The van der Waals surface area contributed by atoms with Crippen molar-refractivity contribution in [2.24, 2.45) is 20.5 Å². The summed E-state index contributed by atoms with van der Waals surface area (Å²) in [6, 6.07) is 7.59. The molecule has 3 rings (SSSR count). The van der Waals surface area contributed by atoms with Crippen molar-refractivity contribution in [3.63, 3.8) is 0 Å². The minimum Gasteiger partial charge on any atom is -0.494 e. The van der Waals surface area contributed by atoms with Crippen LogP contribution < -0.4 is 16.2 Å². The van der Waals surface area contributed by atoms with Gasteiger partial charge in [-0.3, -0.25) is 18.5 Å². The van der Waals surface area contributed by atoms with Crippen LogP contribution in [0, 0.1) is 11.4 Å². The highest BCUT2D eigenvalue weighted by molar-refractivity contribution is 8.04. The molecule has 0 unspecified atom stereocenters. The lowest BCUT2D eigenvalue weighted by molar-refractivity contribution is -0.135. The number of nitrogen functional groups attached to an aromatic ring is 2. The van der Waals surface area contributed by atoms with Gasteiger partial charge in [-0.05, 0) is 72.7 Å². The van der Waals surface area contributed by atoms with Crippen LogP contribution in [0.5, 0.6) is 5.75 Å². The fraction of sp³-hybridized carbons (Fsp3) is 0.200. The van der Waals surface area contributed by atoms with Crippen LogP contribution in [0.25, 0.3) is 0 Å². The first-order valence-corrected chi connectivity index (χ1v) is 19.9. The summed E-state index contributed by atoms with van der Waals surface area (Å²) in [5.41, 5.74) is 9.28. The van der Waals surface area contributed by atoms with E-state index in [1.807, 2.05) is 6.11 Å². The molecule has 7 N–H and O–H groups in total. The highest BCUT2D eigenvalue weighted by atomic mass is 32.3. The summed E-state index contributed by atoms with van der Waals surface area (Å²) in [6.07, 6.45) is 1.85. The predicted octanol–water partition coefficient (Wildman–Crippen LogP) is 3.28. The predicted molar refractivity (Wildman–Crippen MR) is 181 cm³/mol. The van der Waals surface area contributed by atoms with Crippen molar-refractivity contribution in [3.05, 3.63) is 42.5 Å². The molecule has 0 spiro atoms. The second-order valence-electron chi connectivity index (χ2n) is 9.89. The number of rotatable bonds is 14. The van der Waals surface area contributed by atoms with Crippen LogP contribution in [0.3, 0.4) is 0 Å². The lowest BCUT2D eigenvalue weighted by Crippen LogP contribution is -2.22. The molecular formula is C25H27N7O14S5. The number of hydrogen-bond acceptors (Lipinski definition) is 19. The molecule has 0 saturated heterocycles. The van der Waals surface area contributed by atoms with E-state index in [1.165, 1.54) is 25.3 Å². The third kappa shape index (κ3) is 11.5. The topological polar surface area (TPSA) is 330 Å². The van der Waals surface area contributed by atoms with E-state index in [9.17, 15) is 42.8 Å². The third-order valence-electron chi connectivity index (χ3n) is 6.02. The number of azo groups is 2. The number of anilines is 2. The number of ether oxygens (including phenoxy) is 1. The standard InChI is InChI=1S/C25H27N7O14S5/c1-32(2)8-11-48(33,34)16-5-6-17(21(13-16)49(35,36)37)28-30-19-14-22(50(38,39)40)24(27)25(23(19)26)31-29-18-12-15(4-7-20(18)44-3)47-10-9-45-46-51(41,42)43/h4-7,12-14H,8,11,26-27H2,1-3H3,(H,35,36,37)(H,38,39,40)(H,41,42,43). The van der Waals surface area contributed by atoms with Gasteiger partial charge in [-0.15, -0.1) is 20.5 Å². The summed E-state index contributed by atoms with van der Waals surface area (Å²) in [4.78, 5) is 3.61. The Morgan fingerprint density at radius 2 is 1.41 bits per heavy atom. The normalized spacial score (nSPS) is 12.7. The van der Waals surface area contributed by atoms with Gasteiger partial charge < -0.3 is 21.1 Å². The van der Waals surface area contributed by atoms with Gasteiger partial charge in [0.2, 0.25) is 0 Å². The summed E-state index contributed by atoms with van der Waals surface area (Å²) in [5.74, 6) is -0.258. The summed E-state index contributed by atoms with van der Waals surface area (Å²) in [5, 5.41) is 17.7. The van der Waals surface area contributed by atoms with Crippen molar-refractivity contribution in [3.8, 4) is 17.1 Å². The van der Waals surface area contributed by atoms with E-state index in [1.54, 1.807) is 19.0 Å². The van der Waals surface area contributed by atoms with Crippen LogP contribution in [0.1, 0.15) is 0 Å². The molecule has 0 fully saturated rings. The Hall–Kier alpha value is -4.43.